The molecule has 1 amide bonds. The van der Waals surface area contributed by atoms with Gasteiger partial charge >= 0.3 is 5.97 Å². The lowest BCUT2D eigenvalue weighted by Crippen LogP contribution is -2.31. The van der Waals surface area contributed by atoms with Crippen LogP contribution in [0.2, 0.25) is 5.02 Å². The first-order valence-electron chi connectivity index (χ1n) is 8.25. The molecule has 1 heterocycles. The summed E-state index contributed by atoms with van der Waals surface area (Å²) in [6, 6.07) is 12.8. The van der Waals surface area contributed by atoms with Crippen molar-refractivity contribution < 1.29 is 14.7 Å². The molecule has 0 unspecified atom stereocenters. The van der Waals surface area contributed by atoms with Crippen LogP contribution in [0.4, 0.5) is 17.1 Å². The molecule has 3 rings (SSSR count). The fraction of sp³-hybridized carbons (Fsp3) is 0.263. The van der Waals surface area contributed by atoms with Crippen molar-refractivity contribution >= 4 is 40.5 Å². The summed E-state index contributed by atoms with van der Waals surface area (Å²) >= 11 is 6.14. The molecule has 0 spiro atoms. The lowest BCUT2D eigenvalue weighted by atomic mass is 10.1. The van der Waals surface area contributed by atoms with Gasteiger partial charge in [-0.1, -0.05) is 30.2 Å². The van der Waals surface area contributed by atoms with Crippen LogP contribution in [0, 0.1) is 0 Å². The maximum Gasteiger partial charge on any atom is 0.303 e. The lowest BCUT2D eigenvalue weighted by molar-refractivity contribution is -0.137. The summed E-state index contributed by atoms with van der Waals surface area (Å²) in [5, 5.41) is 12.6. The molecule has 1 aliphatic rings. The summed E-state index contributed by atoms with van der Waals surface area (Å²) in [7, 11) is 0. The highest BCUT2D eigenvalue weighted by molar-refractivity contribution is 6.31. The average Bonchev–Trinajstić information content (AvgIpc) is 2.70. The van der Waals surface area contributed by atoms with E-state index in [1.807, 2.05) is 24.3 Å². The fourth-order valence-electron chi connectivity index (χ4n) is 2.96. The van der Waals surface area contributed by atoms with Crippen molar-refractivity contribution in [1.82, 2.24) is 0 Å². The Morgan fingerprint density at radius 1 is 1.08 bits per heavy atom. The molecule has 2 aromatic rings. The minimum Gasteiger partial charge on any atom is -0.481 e. The van der Waals surface area contributed by atoms with Crippen molar-refractivity contribution in [3.63, 3.8) is 0 Å². The van der Waals surface area contributed by atoms with Gasteiger partial charge in [-0.3, -0.25) is 9.59 Å². The van der Waals surface area contributed by atoms with Crippen LogP contribution < -0.4 is 10.2 Å². The molecule has 0 bridgehead atoms. The highest BCUT2D eigenvalue weighted by Crippen LogP contribution is 2.37. The highest BCUT2D eigenvalue weighted by atomic mass is 35.5. The Labute approximate surface area is 151 Å². The number of carbonyl (C=O) groups excluding carboxylic acids is 1. The molecule has 130 valence electrons. The zero-order valence-electron chi connectivity index (χ0n) is 13.7. The number of amides is 1. The van der Waals surface area contributed by atoms with E-state index in [1.54, 1.807) is 23.1 Å². The van der Waals surface area contributed by atoms with Crippen LogP contribution in [0.1, 0.15) is 36.0 Å². The number of hydrogen-bond acceptors (Lipinski definition) is 3. The molecule has 0 fully saturated rings. The molecule has 1 aliphatic heterocycles. The molecule has 0 aromatic heterocycles. The number of nitrogens with one attached hydrogen (secondary N) is 1. The predicted molar refractivity (Wildman–Crippen MR) is 99.0 cm³/mol. The second kappa shape index (κ2) is 7.57. The van der Waals surface area contributed by atoms with Crippen molar-refractivity contribution in [2.75, 3.05) is 16.8 Å². The topological polar surface area (TPSA) is 69.6 Å². The van der Waals surface area contributed by atoms with Crippen LogP contribution >= 0.6 is 11.6 Å². The molecule has 25 heavy (non-hydrogen) atoms. The third kappa shape index (κ3) is 3.94. The van der Waals surface area contributed by atoms with Crippen LogP contribution in [0.25, 0.3) is 0 Å². The predicted octanol–water partition coefficient (Wildman–Crippen LogP) is 4.69. The monoisotopic (exact) mass is 358 g/mol. The van der Waals surface area contributed by atoms with E-state index in [0.717, 1.165) is 29.9 Å². The first-order valence-corrected chi connectivity index (χ1v) is 8.63. The molecule has 0 saturated heterocycles. The van der Waals surface area contributed by atoms with Gasteiger partial charge in [-0.15, -0.1) is 0 Å². The smallest absolute Gasteiger partial charge is 0.303 e. The van der Waals surface area contributed by atoms with Crippen molar-refractivity contribution in [2.45, 2.75) is 25.7 Å². The number of nitrogens with zero attached hydrogens (tertiary/aromatic N) is 1. The van der Waals surface area contributed by atoms with Crippen molar-refractivity contribution in [3.8, 4) is 0 Å². The van der Waals surface area contributed by atoms with Crippen molar-refractivity contribution in [3.05, 3.63) is 53.1 Å². The van der Waals surface area contributed by atoms with Crippen LogP contribution in [0.3, 0.4) is 0 Å². The van der Waals surface area contributed by atoms with Gasteiger partial charge in [0.05, 0.1) is 22.6 Å². The van der Waals surface area contributed by atoms with E-state index >= 15 is 0 Å². The quantitative estimate of drug-likeness (QED) is 0.735. The van der Waals surface area contributed by atoms with E-state index < -0.39 is 5.97 Å². The Morgan fingerprint density at radius 2 is 1.88 bits per heavy atom. The molecule has 0 atom stereocenters. The van der Waals surface area contributed by atoms with E-state index in [1.165, 1.54) is 0 Å². The van der Waals surface area contributed by atoms with E-state index in [-0.39, 0.29) is 12.3 Å². The second-order valence-corrected chi connectivity index (χ2v) is 6.43. The van der Waals surface area contributed by atoms with Crippen LogP contribution in [-0.2, 0) is 4.79 Å². The Balaban J connectivity index is 1.85. The normalized spacial score (nSPS) is 12.8. The summed E-state index contributed by atoms with van der Waals surface area (Å²) < 4.78 is 0. The number of anilines is 3. The molecular weight excluding hydrogens is 340 g/mol. The standard InChI is InChI=1S/C19H19ClN2O3/c20-13-9-10-16-17(12-13)22(11-5-1-2-8-18(23)24)19(25)14-6-3-4-7-15(14)21-16/h3-4,6-7,9-10,12,21H,1-2,5,8,11H2,(H,23,24). The summed E-state index contributed by atoms with van der Waals surface area (Å²) in [6.07, 6.45) is 2.24. The second-order valence-electron chi connectivity index (χ2n) is 5.99. The molecule has 0 radical (unpaired) electrons. The van der Waals surface area contributed by atoms with E-state index in [2.05, 4.69) is 5.32 Å². The highest BCUT2D eigenvalue weighted by Gasteiger charge is 2.26. The van der Waals surface area contributed by atoms with Gasteiger partial charge in [0.2, 0.25) is 0 Å². The number of aliphatic carboxylic acids is 1. The summed E-state index contributed by atoms with van der Waals surface area (Å²) in [5.41, 5.74) is 2.95. The van der Waals surface area contributed by atoms with Crippen molar-refractivity contribution in [2.24, 2.45) is 0 Å². The zero-order chi connectivity index (χ0) is 17.8. The van der Waals surface area contributed by atoms with Gasteiger partial charge < -0.3 is 15.3 Å². The molecule has 2 N–H and O–H groups in total. The Morgan fingerprint density at radius 3 is 2.68 bits per heavy atom. The molecule has 6 heteroatoms. The number of rotatable bonds is 6. The Hall–Kier alpha value is -2.53. The third-order valence-corrected chi connectivity index (χ3v) is 4.43. The Bertz CT molecular complexity index is 807. The van der Waals surface area contributed by atoms with Gasteiger partial charge in [-0.05, 0) is 43.2 Å². The first-order chi connectivity index (χ1) is 12.1. The fourth-order valence-corrected chi connectivity index (χ4v) is 3.12. The van der Waals surface area contributed by atoms with Crippen LogP contribution in [-0.4, -0.2) is 23.5 Å². The molecule has 5 nitrogen and oxygen atoms in total. The van der Waals surface area contributed by atoms with Gasteiger partial charge in [-0.2, -0.15) is 0 Å². The van der Waals surface area contributed by atoms with Gasteiger partial charge in [0.25, 0.3) is 5.91 Å². The van der Waals surface area contributed by atoms with Gasteiger partial charge in [-0.25, -0.2) is 0 Å². The van der Waals surface area contributed by atoms with E-state index in [0.29, 0.717) is 23.6 Å². The molecule has 2 aromatic carbocycles. The lowest BCUT2D eigenvalue weighted by Gasteiger charge is -2.23. The van der Waals surface area contributed by atoms with Crippen LogP contribution in [0.5, 0.6) is 0 Å². The molecule has 0 aliphatic carbocycles. The minimum atomic E-state index is -0.791. The van der Waals surface area contributed by atoms with Crippen molar-refractivity contribution in [1.29, 1.82) is 0 Å². The average molecular weight is 359 g/mol. The number of hydrogen-bond donors (Lipinski definition) is 2. The van der Waals surface area contributed by atoms with Gasteiger partial charge in [0.1, 0.15) is 0 Å². The molecular formula is C19H19ClN2O3. The van der Waals surface area contributed by atoms with Gasteiger partial charge in [0, 0.05) is 18.0 Å². The number of carboxylic acid groups (broad SMARTS) is 1. The largest absolute Gasteiger partial charge is 0.481 e. The number of benzene rings is 2. The number of carbonyl (C=O) groups is 2. The first kappa shape index (κ1) is 17.3. The number of fused-ring (bicyclic) bond motifs is 2. The number of halogens is 1. The number of unbranched alkanes of at least 4 members (excludes halogenated alkanes) is 2. The maximum atomic E-state index is 13.0. The maximum absolute atomic E-state index is 13.0. The summed E-state index contributed by atoms with van der Waals surface area (Å²) in [5.74, 6) is -0.872. The van der Waals surface area contributed by atoms with E-state index in [9.17, 15) is 9.59 Å². The third-order valence-electron chi connectivity index (χ3n) is 4.19. The zero-order valence-corrected chi connectivity index (χ0v) is 14.4. The minimum absolute atomic E-state index is 0.0812. The number of carboxylic acids is 1. The Kier molecular flexibility index (Phi) is 5.24. The van der Waals surface area contributed by atoms with Crippen LogP contribution in [0.15, 0.2) is 42.5 Å². The number of para-hydroxylation sites is 1. The summed E-state index contributed by atoms with van der Waals surface area (Å²) in [4.78, 5) is 25.4. The SMILES string of the molecule is O=C(O)CCCCCN1C(=O)c2ccccc2Nc2ccc(Cl)cc21. The molecule has 0 saturated carbocycles. The summed E-state index contributed by atoms with van der Waals surface area (Å²) in [6.45, 7) is 0.516. The van der Waals surface area contributed by atoms with E-state index in [4.69, 9.17) is 16.7 Å². The van der Waals surface area contributed by atoms with Gasteiger partial charge in [0.15, 0.2) is 0 Å².